The molecule has 0 radical (unpaired) electrons. The van der Waals surface area contributed by atoms with Gasteiger partial charge in [0.2, 0.25) is 5.91 Å². The largest absolute Gasteiger partial charge is 0.335 e. The van der Waals surface area contributed by atoms with Crippen LogP contribution in [-0.2, 0) is 11.3 Å². The summed E-state index contributed by atoms with van der Waals surface area (Å²) >= 11 is 0. The number of para-hydroxylation sites is 3. The van der Waals surface area contributed by atoms with Gasteiger partial charge in [0.1, 0.15) is 12.4 Å². The fraction of sp³-hybridized carbons (Fsp3) is 0.0625. The molecule has 0 spiro atoms. The number of carbonyl (C=O) groups excluding carboxylic acids is 1. The van der Waals surface area contributed by atoms with Gasteiger partial charge in [-0.3, -0.25) is 9.59 Å². The van der Waals surface area contributed by atoms with Crippen molar-refractivity contribution in [3.8, 4) is 11.4 Å². The summed E-state index contributed by atoms with van der Waals surface area (Å²) in [6.45, 7) is 1.86. The Bertz CT molecular complexity index is 1980. The topological polar surface area (TPSA) is 81.3 Å². The minimum Gasteiger partial charge on any atom is -0.335 e. The number of aromatic nitrogens is 3. The van der Waals surface area contributed by atoms with E-state index in [4.69, 9.17) is 4.98 Å². The van der Waals surface area contributed by atoms with Gasteiger partial charge in [0, 0.05) is 27.7 Å². The van der Waals surface area contributed by atoms with E-state index in [1.54, 1.807) is 36.5 Å². The van der Waals surface area contributed by atoms with Crippen molar-refractivity contribution in [3.63, 3.8) is 0 Å². The van der Waals surface area contributed by atoms with E-state index in [0.29, 0.717) is 16.7 Å². The standard InChI is InChI=1S/C32H24FN5O2/c1-21-25(23-13-6-10-18-29(23)37(21)20-30(39)35-28-17-9-7-15-26(28)33)19-34-38-31(22-11-3-2-4-12-22)36-27-16-8-5-14-24(27)32(38)40/h2-19H,20H2,1H3,(H,35,39). The summed E-state index contributed by atoms with van der Waals surface area (Å²) in [5.41, 5.74) is 3.53. The van der Waals surface area contributed by atoms with E-state index in [2.05, 4.69) is 10.4 Å². The normalized spacial score (nSPS) is 11.4. The third-order valence-electron chi connectivity index (χ3n) is 6.82. The Hall–Kier alpha value is -5.37. The summed E-state index contributed by atoms with van der Waals surface area (Å²) in [6.07, 6.45) is 1.63. The quantitative estimate of drug-likeness (QED) is 0.269. The number of hydrogen-bond acceptors (Lipinski definition) is 4. The summed E-state index contributed by atoms with van der Waals surface area (Å²) in [5.74, 6) is -0.439. The summed E-state index contributed by atoms with van der Waals surface area (Å²) in [6, 6.07) is 30.3. The van der Waals surface area contributed by atoms with Crippen LogP contribution < -0.4 is 10.9 Å². The number of amides is 1. The molecule has 40 heavy (non-hydrogen) atoms. The molecule has 4 aromatic carbocycles. The molecule has 0 fully saturated rings. The van der Waals surface area contributed by atoms with Crippen molar-refractivity contribution in [1.82, 2.24) is 14.2 Å². The van der Waals surface area contributed by atoms with E-state index in [9.17, 15) is 14.0 Å². The SMILES string of the molecule is Cc1c(C=Nn2c(-c3ccccc3)nc3ccccc3c2=O)c2ccccc2n1CC(=O)Nc1ccccc1F. The van der Waals surface area contributed by atoms with E-state index in [1.165, 1.54) is 16.8 Å². The van der Waals surface area contributed by atoms with Gasteiger partial charge in [-0.15, -0.1) is 0 Å². The van der Waals surface area contributed by atoms with Gasteiger partial charge in [-0.2, -0.15) is 9.78 Å². The molecule has 0 bridgehead atoms. The van der Waals surface area contributed by atoms with Crippen LogP contribution in [0.2, 0.25) is 0 Å². The average Bonchev–Trinajstić information content (AvgIpc) is 3.24. The zero-order valence-corrected chi connectivity index (χ0v) is 21.6. The van der Waals surface area contributed by atoms with Crippen LogP contribution in [0.15, 0.2) is 113 Å². The highest BCUT2D eigenvalue weighted by atomic mass is 19.1. The molecule has 0 unspecified atom stereocenters. The average molecular weight is 530 g/mol. The van der Waals surface area contributed by atoms with Crippen molar-refractivity contribution in [2.75, 3.05) is 5.32 Å². The molecule has 1 amide bonds. The van der Waals surface area contributed by atoms with Gasteiger partial charge in [0.05, 0.1) is 22.8 Å². The van der Waals surface area contributed by atoms with E-state index >= 15 is 0 Å². The van der Waals surface area contributed by atoms with Crippen molar-refractivity contribution in [1.29, 1.82) is 0 Å². The minimum atomic E-state index is -0.499. The second kappa shape index (κ2) is 10.4. The molecule has 0 aliphatic rings. The first-order valence-corrected chi connectivity index (χ1v) is 12.7. The first-order valence-electron chi connectivity index (χ1n) is 12.7. The van der Waals surface area contributed by atoms with E-state index < -0.39 is 5.82 Å². The van der Waals surface area contributed by atoms with Gasteiger partial charge >= 0.3 is 0 Å². The van der Waals surface area contributed by atoms with Crippen LogP contribution in [0.3, 0.4) is 0 Å². The number of rotatable bonds is 6. The van der Waals surface area contributed by atoms with E-state index in [0.717, 1.165) is 27.7 Å². The first-order chi connectivity index (χ1) is 19.5. The Morgan fingerprint density at radius 2 is 1.57 bits per heavy atom. The summed E-state index contributed by atoms with van der Waals surface area (Å²) in [4.78, 5) is 31.2. The van der Waals surface area contributed by atoms with Gasteiger partial charge in [-0.05, 0) is 37.3 Å². The van der Waals surface area contributed by atoms with E-state index in [-0.39, 0.29) is 23.7 Å². The highest BCUT2D eigenvalue weighted by Gasteiger charge is 2.17. The van der Waals surface area contributed by atoms with Crippen LogP contribution >= 0.6 is 0 Å². The Morgan fingerprint density at radius 1 is 0.900 bits per heavy atom. The molecule has 0 atom stereocenters. The fourth-order valence-corrected chi connectivity index (χ4v) is 4.84. The van der Waals surface area contributed by atoms with E-state index in [1.807, 2.05) is 72.2 Å². The molecule has 8 heteroatoms. The van der Waals surface area contributed by atoms with Crippen molar-refractivity contribution in [2.45, 2.75) is 13.5 Å². The predicted molar refractivity (Wildman–Crippen MR) is 156 cm³/mol. The van der Waals surface area contributed by atoms with Crippen LogP contribution in [0.1, 0.15) is 11.3 Å². The zero-order chi connectivity index (χ0) is 27.6. The molecule has 2 aromatic heterocycles. The van der Waals surface area contributed by atoms with Gasteiger partial charge in [0.15, 0.2) is 5.82 Å². The number of anilines is 1. The number of carbonyl (C=O) groups is 1. The first kappa shape index (κ1) is 24.9. The molecular weight excluding hydrogens is 505 g/mol. The lowest BCUT2D eigenvalue weighted by Crippen LogP contribution is -2.20. The molecule has 6 rings (SSSR count). The summed E-state index contributed by atoms with van der Waals surface area (Å²) < 4.78 is 17.3. The highest BCUT2D eigenvalue weighted by Crippen LogP contribution is 2.26. The second-order valence-corrected chi connectivity index (χ2v) is 9.31. The smallest absolute Gasteiger partial charge is 0.282 e. The maximum Gasteiger partial charge on any atom is 0.282 e. The van der Waals surface area contributed by atoms with Crippen molar-refractivity contribution >= 4 is 39.6 Å². The lowest BCUT2D eigenvalue weighted by atomic mass is 10.1. The lowest BCUT2D eigenvalue weighted by molar-refractivity contribution is -0.116. The number of fused-ring (bicyclic) bond motifs is 2. The maximum absolute atomic E-state index is 14.1. The van der Waals surface area contributed by atoms with Crippen molar-refractivity contribution in [3.05, 3.63) is 131 Å². The number of nitrogens with one attached hydrogen (secondary N) is 1. The third-order valence-corrected chi connectivity index (χ3v) is 6.82. The summed E-state index contributed by atoms with van der Waals surface area (Å²) in [5, 5.41) is 8.61. The minimum absolute atomic E-state index is 0.0265. The van der Waals surface area contributed by atoms with Crippen LogP contribution in [0, 0.1) is 12.7 Å². The molecule has 196 valence electrons. The third kappa shape index (κ3) is 4.56. The van der Waals surface area contributed by atoms with Gasteiger partial charge < -0.3 is 9.88 Å². The number of halogens is 1. The monoisotopic (exact) mass is 529 g/mol. The Morgan fingerprint density at radius 3 is 2.38 bits per heavy atom. The van der Waals surface area contributed by atoms with Crippen LogP contribution in [0.4, 0.5) is 10.1 Å². The molecular formula is C32H24FN5O2. The Kier molecular flexibility index (Phi) is 6.49. The van der Waals surface area contributed by atoms with Gasteiger partial charge in [0.25, 0.3) is 5.56 Å². The number of nitrogens with zero attached hydrogens (tertiary/aromatic N) is 4. The molecule has 6 aromatic rings. The van der Waals surface area contributed by atoms with Crippen LogP contribution in [0.5, 0.6) is 0 Å². The van der Waals surface area contributed by atoms with Gasteiger partial charge in [-0.1, -0.05) is 72.8 Å². The Balaban J connectivity index is 1.44. The predicted octanol–water partition coefficient (Wildman–Crippen LogP) is 5.99. The van der Waals surface area contributed by atoms with Crippen molar-refractivity contribution < 1.29 is 9.18 Å². The Labute approximate surface area is 228 Å². The molecule has 0 aliphatic carbocycles. The van der Waals surface area contributed by atoms with Crippen LogP contribution in [-0.4, -0.2) is 26.3 Å². The van der Waals surface area contributed by atoms with Crippen LogP contribution in [0.25, 0.3) is 33.2 Å². The second-order valence-electron chi connectivity index (χ2n) is 9.31. The number of benzene rings is 4. The molecule has 0 aliphatic heterocycles. The molecule has 0 saturated heterocycles. The zero-order valence-electron chi connectivity index (χ0n) is 21.6. The molecule has 2 heterocycles. The maximum atomic E-state index is 14.1. The molecule has 7 nitrogen and oxygen atoms in total. The highest BCUT2D eigenvalue weighted by molar-refractivity contribution is 6.02. The van der Waals surface area contributed by atoms with Gasteiger partial charge in [-0.25, -0.2) is 9.37 Å². The number of hydrogen-bond donors (Lipinski definition) is 1. The summed E-state index contributed by atoms with van der Waals surface area (Å²) in [7, 11) is 0. The lowest BCUT2D eigenvalue weighted by Gasteiger charge is -2.10. The molecule has 1 N–H and O–H groups in total. The fourth-order valence-electron chi connectivity index (χ4n) is 4.84. The molecule has 0 saturated carbocycles. The van der Waals surface area contributed by atoms with Crippen molar-refractivity contribution in [2.24, 2.45) is 5.10 Å².